The highest BCUT2D eigenvalue weighted by atomic mass is 35.5. The van der Waals surface area contributed by atoms with Crippen molar-refractivity contribution in [2.75, 3.05) is 5.32 Å². The minimum absolute atomic E-state index is 0.232. The van der Waals surface area contributed by atoms with Gasteiger partial charge in [0.2, 0.25) is 5.28 Å². The first-order valence-corrected chi connectivity index (χ1v) is 7.58. The molecule has 2 aromatic heterocycles. The Morgan fingerprint density at radius 2 is 1.90 bits per heavy atom. The third-order valence-electron chi connectivity index (χ3n) is 3.17. The number of hydrogen-bond acceptors (Lipinski definition) is 5. The summed E-state index contributed by atoms with van der Waals surface area (Å²) >= 11 is 7.61. The fourth-order valence-corrected chi connectivity index (χ4v) is 3.11. The van der Waals surface area contributed by atoms with Crippen molar-refractivity contribution >= 4 is 55.6 Å². The molecule has 4 nitrogen and oxygen atoms in total. The summed E-state index contributed by atoms with van der Waals surface area (Å²) in [6.45, 7) is 0. The second-order valence-corrected chi connectivity index (χ2v) is 5.74. The molecular weight excluding hydrogens is 304 g/mol. The topological polar surface area (TPSA) is 50.7 Å². The van der Waals surface area contributed by atoms with Crippen molar-refractivity contribution in [2.45, 2.75) is 0 Å². The van der Waals surface area contributed by atoms with Crippen molar-refractivity contribution in [2.24, 2.45) is 0 Å². The standard InChI is InChI=1S/C15H9ClN4S/c16-15-19-11-4-2-1-3-10(11)14(20-15)18-9-5-6-12-13(7-9)21-8-17-12/h1-8H,(H,18,19,20). The summed E-state index contributed by atoms with van der Waals surface area (Å²) in [5, 5.41) is 4.48. The Hall–Kier alpha value is -2.24. The average molecular weight is 313 g/mol. The highest BCUT2D eigenvalue weighted by molar-refractivity contribution is 7.16. The number of aromatic nitrogens is 3. The van der Waals surface area contributed by atoms with Crippen LogP contribution in [0.5, 0.6) is 0 Å². The molecule has 2 aromatic carbocycles. The maximum atomic E-state index is 6.00. The van der Waals surface area contributed by atoms with Gasteiger partial charge in [0.05, 0.1) is 21.2 Å². The molecule has 0 unspecified atom stereocenters. The van der Waals surface area contributed by atoms with Crippen LogP contribution < -0.4 is 5.32 Å². The van der Waals surface area contributed by atoms with Gasteiger partial charge in [0, 0.05) is 11.1 Å². The number of benzene rings is 2. The predicted molar refractivity (Wildman–Crippen MR) is 87.5 cm³/mol. The normalized spacial score (nSPS) is 11.1. The van der Waals surface area contributed by atoms with Gasteiger partial charge in [-0.15, -0.1) is 11.3 Å². The van der Waals surface area contributed by atoms with E-state index >= 15 is 0 Å². The second-order valence-electron chi connectivity index (χ2n) is 4.52. The van der Waals surface area contributed by atoms with E-state index in [1.165, 1.54) is 0 Å². The fraction of sp³-hybridized carbons (Fsp3) is 0. The van der Waals surface area contributed by atoms with E-state index in [-0.39, 0.29) is 5.28 Å². The van der Waals surface area contributed by atoms with Crippen LogP contribution in [-0.4, -0.2) is 15.0 Å². The van der Waals surface area contributed by atoms with Crippen LogP contribution in [-0.2, 0) is 0 Å². The lowest BCUT2D eigenvalue weighted by Crippen LogP contribution is -1.97. The van der Waals surface area contributed by atoms with Gasteiger partial charge < -0.3 is 5.32 Å². The molecule has 4 aromatic rings. The molecule has 0 aliphatic rings. The Morgan fingerprint density at radius 1 is 1.00 bits per heavy atom. The number of para-hydroxylation sites is 1. The van der Waals surface area contributed by atoms with E-state index in [0.29, 0.717) is 5.82 Å². The van der Waals surface area contributed by atoms with Gasteiger partial charge in [-0.05, 0) is 41.9 Å². The van der Waals surface area contributed by atoms with Crippen LogP contribution in [0.4, 0.5) is 11.5 Å². The summed E-state index contributed by atoms with van der Waals surface area (Å²) in [6, 6.07) is 13.8. The summed E-state index contributed by atoms with van der Waals surface area (Å²) in [6.07, 6.45) is 0. The van der Waals surface area contributed by atoms with E-state index in [9.17, 15) is 0 Å². The number of thiazole rings is 1. The van der Waals surface area contributed by atoms with E-state index in [4.69, 9.17) is 11.6 Å². The van der Waals surface area contributed by atoms with Crippen molar-refractivity contribution in [1.82, 2.24) is 15.0 Å². The zero-order valence-corrected chi connectivity index (χ0v) is 12.3. The molecule has 0 spiro atoms. The lowest BCUT2D eigenvalue weighted by atomic mass is 10.2. The molecule has 0 saturated heterocycles. The van der Waals surface area contributed by atoms with E-state index < -0.39 is 0 Å². The molecule has 0 aliphatic heterocycles. The molecule has 102 valence electrons. The lowest BCUT2D eigenvalue weighted by molar-refractivity contribution is 1.22. The molecule has 4 rings (SSSR count). The molecular formula is C15H9ClN4S. The van der Waals surface area contributed by atoms with Crippen molar-refractivity contribution in [3.05, 3.63) is 53.3 Å². The Morgan fingerprint density at radius 3 is 2.86 bits per heavy atom. The maximum Gasteiger partial charge on any atom is 0.224 e. The Balaban J connectivity index is 1.82. The first-order valence-electron chi connectivity index (χ1n) is 6.32. The Bertz CT molecular complexity index is 951. The lowest BCUT2D eigenvalue weighted by Gasteiger charge is -2.09. The minimum atomic E-state index is 0.232. The van der Waals surface area contributed by atoms with Gasteiger partial charge in [0.1, 0.15) is 5.82 Å². The van der Waals surface area contributed by atoms with Gasteiger partial charge in [-0.2, -0.15) is 4.98 Å². The molecule has 0 aliphatic carbocycles. The fourth-order valence-electron chi connectivity index (χ4n) is 2.21. The summed E-state index contributed by atoms with van der Waals surface area (Å²) in [5.41, 5.74) is 4.60. The largest absolute Gasteiger partial charge is 0.340 e. The second kappa shape index (κ2) is 4.95. The van der Waals surface area contributed by atoms with Crippen LogP contribution in [0.15, 0.2) is 48.0 Å². The minimum Gasteiger partial charge on any atom is -0.340 e. The monoisotopic (exact) mass is 312 g/mol. The smallest absolute Gasteiger partial charge is 0.224 e. The van der Waals surface area contributed by atoms with Crippen LogP contribution >= 0.6 is 22.9 Å². The molecule has 2 heterocycles. The third-order valence-corrected chi connectivity index (χ3v) is 4.13. The van der Waals surface area contributed by atoms with Crippen molar-refractivity contribution in [3.8, 4) is 0 Å². The molecule has 0 radical (unpaired) electrons. The molecule has 1 N–H and O–H groups in total. The van der Waals surface area contributed by atoms with Crippen LogP contribution in [0.25, 0.3) is 21.1 Å². The van der Waals surface area contributed by atoms with Crippen LogP contribution in [0, 0.1) is 0 Å². The number of anilines is 2. The summed E-state index contributed by atoms with van der Waals surface area (Å²) in [7, 11) is 0. The van der Waals surface area contributed by atoms with Crippen LogP contribution in [0.1, 0.15) is 0 Å². The number of nitrogens with zero attached hydrogens (tertiary/aromatic N) is 3. The third kappa shape index (κ3) is 2.30. The van der Waals surface area contributed by atoms with Crippen molar-refractivity contribution in [1.29, 1.82) is 0 Å². The quantitative estimate of drug-likeness (QED) is 0.548. The zero-order chi connectivity index (χ0) is 14.2. The number of hydrogen-bond donors (Lipinski definition) is 1. The van der Waals surface area contributed by atoms with Gasteiger partial charge >= 0.3 is 0 Å². The maximum absolute atomic E-state index is 6.00. The highest BCUT2D eigenvalue weighted by Gasteiger charge is 2.07. The number of nitrogens with one attached hydrogen (secondary N) is 1. The van der Waals surface area contributed by atoms with E-state index in [1.54, 1.807) is 11.3 Å². The average Bonchev–Trinajstić information content (AvgIpc) is 2.94. The van der Waals surface area contributed by atoms with E-state index in [0.717, 1.165) is 26.8 Å². The number of rotatable bonds is 2. The first-order chi connectivity index (χ1) is 10.3. The molecule has 0 bridgehead atoms. The zero-order valence-electron chi connectivity index (χ0n) is 10.7. The van der Waals surface area contributed by atoms with Gasteiger partial charge in [-0.25, -0.2) is 9.97 Å². The highest BCUT2D eigenvalue weighted by Crippen LogP contribution is 2.27. The molecule has 6 heteroatoms. The van der Waals surface area contributed by atoms with Crippen LogP contribution in [0.2, 0.25) is 5.28 Å². The van der Waals surface area contributed by atoms with Crippen LogP contribution in [0.3, 0.4) is 0 Å². The molecule has 0 saturated carbocycles. The van der Waals surface area contributed by atoms with E-state index in [1.807, 2.05) is 41.9 Å². The molecule has 0 amide bonds. The van der Waals surface area contributed by atoms with Gasteiger partial charge in [-0.3, -0.25) is 0 Å². The van der Waals surface area contributed by atoms with Crippen molar-refractivity contribution < 1.29 is 0 Å². The summed E-state index contributed by atoms with van der Waals surface area (Å²) in [5.74, 6) is 0.703. The Labute approximate surface area is 129 Å². The predicted octanol–water partition coefficient (Wildman–Crippen LogP) is 4.64. The van der Waals surface area contributed by atoms with Gasteiger partial charge in [0.15, 0.2) is 0 Å². The first kappa shape index (κ1) is 12.5. The van der Waals surface area contributed by atoms with Gasteiger partial charge in [-0.1, -0.05) is 12.1 Å². The summed E-state index contributed by atoms with van der Waals surface area (Å²) < 4.78 is 1.13. The molecule has 21 heavy (non-hydrogen) atoms. The number of halogens is 1. The molecule has 0 atom stereocenters. The SMILES string of the molecule is Clc1nc(Nc2ccc3ncsc3c2)c2ccccc2n1. The van der Waals surface area contributed by atoms with Gasteiger partial charge in [0.25, 0.3) is 0 Å². The molecule has 0 fully saturated rings. The summed E-state index contributed by atoms with van der Waals surface area (Å²) in [4.78, 5) is 12.8. The van der Waals surface area contributed by atoms with Crippen molar-refractivity contribution in [3.63, 3.8) is 0 Å². The number of fused-ring (bicyclic) bond motifs is 2. The Kier molecular flexibility index (Phi) is 2.94. The van der Waals surface area contributed by atoms with E-state index in [2.05, 4.69) is 26.3 Å².